The summed E-state index contributed by atoms with van der Waals surface area (Å²) in [7, 11) is 0. The smallest absolute Gasteiger partial charge is 0.238 e. The Morgan fingerprint density at radius 2 is 1.71 bits per heavy atom. The van der Waals surface area contributed by atoms with E-state index in [1.165, 1.54) is 11.8 Å². The summed E-state index contributed by atoms with van der Waals surface area (Å²) in [6, 6.07) is 15.3. The number of aryl methyl sites for hydroxylation is 1. The van der Waals surface area contributed by atoms with Crippen LogP contribution in [0.25, 0.3) is 0 Å². The molecule has 7 heteroatoms. The van der Waals surface area contributed by atoms with Crippen molar-refractivity contribution in [2.24, 2.45) is 0 Å². The molecule has 0 saturated carbocycles. The van der Waals surface area contributed by atoms with E-state index in [0.717, 1.165) is 16.1 Å². The molecule has 0 aliphatic carbocycles. The zero-order valence-corrected chi connectivity index (χ0v) is 17.4. The first-order valence-corrected chi connectivity index (χ1v) is 10.6. The summed E-state index contributed by atoms with van der Waals surface area (Å²) >= 11 is 7.60. The van der Waals surface area contributed by atoms with Crippen molar-refractivity contribution in [2.45, 2.75) is 11.8 Å². The second-order valence-electron chi connectivity index (χ2n) is 6.79. The summed E-state index contributed by atoms with van der Waals surface area (Å²) in [4.78, 5) is 29.5. The maximum absolute atomic E-state index is 12.4. The number of carbonyl (C=O) groups is 2. The van der Waals surface area contributed by atoms with Crippen molar-refractivity contribution in [1.82, 2.24) is 9.80 Å². The van der Waals surface area contributed by atoms with Crippen LogP contribution in [0.5, 0.6) is 0 Å². The molecular formula is C21H24ClN3O2S. The average Bonchev–Trinajstić information content (AvgIpc) is 2.69. The first-order valence-electron chi connectivity index (χ1n) is 9.25. The number of benzene rings is 2. The molecule has 28 heavy (non-hydrogen) atoms. The van der Waals surface area contributed by atoms with Gasteiger partial charge in [0.25, 0.3) is 0 Å². The van der Waals surface area contributed by atoms with Gasteiger partial charge in [-0.2, -0.15) is 0 Å². The van der Waals surface area contributed by atoms with E-state index >= 15 is 0 Å². The van der Waals surface area contributed by atoms with Crippen molar-refractivity contribution in [3.8, 4) is 0 Å². The molecule has 0 bridgehead atoms. The number of nitrogens with zero attached hydrogens (tertiary/aromatic N) is 2. The number of carbonyl (C=O) groups excluding carboxylic acids is 2. The molecule has 5 nitrogen and oxygen atoms in total. The summed E-state index contributed by atoms with van der Waals surface area (Å²) in [6.07, 6.45) is 0. The Labute approximate surface area is 175 Å². The van der Waals surface area contributed by atoms with Crippen molar-refractivity contribution in [2.75, 3.05) is 43.8 Å². The van der Waals surface area contributed by atoms with Crippen LogP contribution in [-0.4, -0.2) is 60.1 Å². The summed E-state index contributed by atoms with van der Waals surface area (Å²) < 4.78 is 0. The lowest BCUT2D eigenvalue weighted by Gasteiger charge is -2.34. The number of rotatable bonds is 6. The molecule has 2 aromatic rings. The molecule has 2 amide bonds. The van der Waals surface area contributed by atoms with Gasteiger partial charge in [-0.15, -0.1) is 11.8 Å². The SMILES string of the molecule is Cc1ccc(NC(=O)CN2CCN(C(=O)CSc3ccccc3Cl)CC2)cc1. The molecule has 0 unspecified atom stereocenters. The van der Waals surface area contributed by atoms with Crippen LogP contribution >= 0.6 is 23.4 Å². The number of anilines is 1. The number of piperazine rings is 1. The monoisotopic (exact) mass is 417 g/mol. The fraction of sp³-hybridized carbons (Fsp3) is 0.333. The molecule has 0 radical (unpaired) electrons. The van der Waals surface area contributed by atoms with Gasteiger partial charge in [-0.3, -0.25) is 14.5 Å². The highest BCUT2D eigenvalue weighted by Crippen LogP contribution is 2.26. The van der Waals surface area contributed by atoms with Crippen LogP contribution in [0.3, 0.4) is 0 Å². The highest BCUT2D eigenvalue weighted by molar-refractivity contribution is 8.00. The highest BCUT2D eigenvalue weighted by atomic mass is 35.5. The van der Waals surface area contributed by atoms with E-state index in [9.17, 15) is 9.59 Å². The van der Waals surface area contributed by atoms with E-state index in [-0.39, 0.29) is 11.8 Å². The Hall–Kier alpha value is -2.02. The van der Waals surface area contributed by atoms with Crippen molar-refractivity contribution in [3.05, 3.63) is 59.1 Å². The van der Waals surface area contributed by atoms with E-state index in [4.69, 9.17) is 11.6 Å². The standard InChI is InChI=1S/C21H24ClN3O2S/c1-16-6-8-17(9-7-16)23-20(26)14-24-10-12-25(13-11-24)21(27)15-28-19-5-3-2-4-18(19)22/h2-9H,10-15H2,1H3,(H,23,26). The van der Waals surface area contributed by atoms with Crippen LogP contribution in [0.15, 0.2) is 53.4 Å². The largest absolute Gasteiger partial charge is 0.339 e. The molecular weight excluding hydrogens is 394 g/mol. The third-order valence-electron chi connectivity index (χ3n) is 4.62. The summed E-state index contributed by atoms with van der Waals surface area (Å²) in [5, 5.41) is 3.59. The predicted molar refractivity (Wildman–Crippen MR) is 115 cm³/mol. The molecule has 148 valence electrons. The molecule has 1 saturated heterocycles. The third-order valence-corrected chi connectivity index (χ3v) is 6.12. The zero-order valence-electron chi connectivity index (χ0n) is 15.9. The van der Waals surface area contributed by atoms with E-state index in [1.807, 2.05) is 60.4 Å². The number of hydrogen-bond acceptors (Lipinski definition) is 4. The predicted octanol–water partition coefficient (Wildman–Crippen LogP) is 3.52. The van der Waals surface area contributed by atoms with Gasteiger partial charge in [-0.05, 0) is 31.2 Å². The van der Waals surface area contributed by atoms with Gasteiger partial charge < -0.3 is 10.2 Å². The lowest BCUT2D eigenvalue weighted by atomic mass is 10.2. The summed E-state index contributed by atoms with van der Waals surface area (Å²) in [5.74, 6) is 0.448. The molecule has 1 aliphatic rings. The quantitative estimate of drug-likeness (QED) is 0.730. The Balaban J connectivity index is 1.40. The van der Waals surface area contributed by atoms with Crippen LogP contribution in [0.2, 0.25) is 5.02 Å². The van der Waals surface area contributed by atoms with E-state index in [2.05, 4.69) is 10.2 Å². The minimum atomic E-state index is -0.0297. The molecule has 1 heterocycles. The third kappa shape index (κ3) is 5.99. The van der Waals surface area contributed by atoms with Crippen LogP contribution < -0.4 is 5.32 Å². The highest BCUT2D eigenvalue weighted by Gasteiger charge is 2.22. The Bertz CT molecular complexity index is 821. The topological polar surface area (TPSA) is 52.7 Å². The number of thioether (sulfide) groups is 1. The lowest BCUT2D eigenvalue weighted by molar-refractivity contribution is -0.130. The Morgan fingerprint density at radius 1 is 1.04 bits per heavy atom. The van der Waals surface area contributed by atoms with Gasteiger partial charge in [0.1, 0.15) is 0 Å². The van der Waals surface area contributed by atoms with Gasteiger partial charge in [0.05, 0.1) is 17.3 Å². The molecule has 1 aliphatic heterocycles. The fourth-order valence-electron chi connectivity index (χ4n) is 2.99. The fourth-order valence-corrected chi connectivity index (χ4v) is 4.13. The van der Waals surface area contributed by atoms with Crippen LogP contribution in [0, 0.1) is 6.92 Å². The number of nitrogens with one attached hydrogen (secondary N) is 1. The minimum absolute atomic E-state index is 0.0297. The van der Waals surface area contributed by atoms with Gasteiger partial charge in [-0.25, -0.2) is 0 Å². The molecule has 3 rings (SSSR count). The minimum Gasteiger partial charge on any atom is -0.339 e. The number of hydrogen-bond donors (Lipinski definition) is 1. The summed E-state index contributed by atoms with van der Waals surface area (Å²) in [6.45, 7) is 5.02. The molecule has 1 fully saturated rings. The maximum atomic E-state index is 12.4. The van der Waals surface area contributed by atoms with Crippen LogP contribution in [-0.2, 0) is 9.59 Å². The first-order chi connectivity index (χ1) is 13.5. The van der Waals surface area contributed by atoms with E-state index < -0.39 is 0 Å². The number of halogens is 1. The molecule has 0 spiro atoms. The first kappa shape index (κ1) is 20.7. The summed E-state index contributed by atoms with van der Waals surface area (Å²) in [5.41, 5.74) is 1.97. The van der Waals surface area contributed by atoms with Crippen LogP contribution in [0.1, 0.15) is 5.56 Å². The Kier molecular flexibility index (Phi) is 7.36. The number of amides is 2. The normalized spacial score (nSPS) is 14.7. The van der Waals surface area contributed by atoms with Crippen molar-refractivity contribution in [3.63, 3.8) is 0 Å². The van der Waals surface area contributed by atoms with Gasteiger partial charge in [0.15, 0.2) is 0 Å². The maximum Gasteiger partial charge on any atom is 0.238 e. The average molecular weight is 418 g/mol. The second kappa shape index (κ2) is 9.96. The zero-order chi connectivity index (χ0) is 19.9. The molecule has 0 atom stereocenters. The molecule has 2 aromatic carbocycles. The van der Waals surface area contributed by atoms with Gasteiger partial charge in [0.2, 0.25) is 11.8 Å². The molecule has 0 aromatic heterocycles. The van der Waals surface area contributed by atoms with Gasteiger partial charge in [-0.1, -0.05) is 41.4 Å². The second-order valence-corrected chi connectivity index (χ2v) is 8.21. The van der Waals surface area contributed by atoms with E-state index in [1.54, 1.807) is 0 Å². The van der Waals surface area contributed by atoms with Gasteiger partial charge >= 0.3 is 0 Å². The van der Waals surface area contributed by atoms with Crippen molar-refractivity contribution >= 4 is 40.9 Å². The Morgan fingerprint density at radius 3 is 2.39 bits per heavy atom. The van der Waals surface area contributed by atoms with Crippen molar-refractivity contribution in [1.29, 1.82) is 0 Å². The molecule has 1 N–H and O–H groups in total. The van der Waals surface area contributed by atoms with E-state index in [0.29, 0.717) is 43.5 Å². The lowest BCUT2D eigenvalue weighted by Crippen LogP contribution is -2.50. The van der Waals surface area contributed by atoms with Gasteiger partial charge in [0, 0.05) is 36.8 Å². The van der Waals surface area contributed by atoms with Crippen LogP contribution in [0.4, 0.5) is 5.69 Å². The van der Waals surface area contributed by atoms with Crippen molar-refractivity contribution < 1.29 is 9.59 Å².